The van der Waals surface area contributed by atoms with Crippen LogP contribution in [-0.2, 0) is 11.3 Å². The molecule has 2 aliphatic rings. The third kappa shape index (κ3) is 3.49. The molecule has 2 N–H and O–H groups in total. The number of aliphatic hydroxyl groups is 2. The lowest BCUT2D eigenvalue weighted by Gasteiger charge is -2.31. The number of hydrogen-bond acceptors (Lipinski definition) is 3. The van der Waals surface area contributed by atoms with Gasteiger partial charge in [-0.1, -0.05) is 68.5 Å². The zero-order chi connectivity index (χ0) is 17.1. The average molecular weight is 328 g/mol. The summed E-state index contributed by atoms with van der Waals surface area (Å²) in [5, 5.41) is 21.4. The fourth-order valence-electron chi connectivity index (χ4n) is 4.30. The lowest BCUT2D eigenvalue weighted by molar-refractivity contribution is -0.0686. The van der Waals surface area contributed by atoms with Gasteiger partial charge in [0.2, 0.25) is 0 Å². The molecule has 0 heterocycles. The molecule has 1 aromatic carbocycles. The third-order valence-electron chi connectivity index (χ3n) is 5.84. The number of rotatable bonds is 4. The van der Waals surface area contributed by atoms with Gasteiger partial charge in [-0.2, -0.15) is 0 Å². The van der Waals surface area contributed by atoms with E-state index >= 15 is 0 Å². The minimum absolute atomic E-state index is 0.0350. The number of hydrogen-bond donors (Lipinski definition) is 2. The highest BCUT2D eigenvalue weighted by Crippen LogP contribution is 2.43. The van der Waals surface area contributed by atoms with E-state index in [0.717, 1.165) is 5.56 Å². The van der Waals surface area contributed by atoms with Crippen LogP contribution >= 0.6 is 0 Å². The Kier molecular flexibility index (Phi) is 5.54. The van der Waals surface area contributed by atoms with Gasteiger partial charge in [-0.3, -0.25) is 0 Å². The summed E-state index contributed by atoms with van der Waals surface area (Å²) in [4.78, 5) is 0. The topological polar surface area (TPSA) is 49.7 Å². The largest absolute Gasteiger partial charge is 0.390 e. The zero-order valence-electron chi connectivity index (χ0n) is 14.5. The summed E-state index contributed by atoms with van der Waals surface area (Å²) in [7, 11) is 0. The first-order valence-electron chi connectivity index (χ1n) is 8.92. The van der Waals surface area contributed by atoms with Crippen LogP contribution in [0, 0.1) is 29.6 Å². The molecule has 7 atom stereocenters. The van der Waals surface area contributed by atoms with Crippen molar-refractivity contribution in [2.75, 3.05) is 6.61 Å². The van der Waals surface area contributed by atoms with E-state index in [1.54, 1.807) is 0 Å². The normalized spacial score (nSPS) is 38.6. The lowest BCUT2D eigenvalue weighted by Crippen LogP contribution is -2.40. The van der Waals surface area contributed by atoms with E-state index in [-0.39, 0.29) is 23.7 Å². The van der Waals surface area contributed by atoms with Gasteiger partial charge in [-0.25, -0.2) is 0 Å². The molecule has 2 aliphatic carbocycles. The lowest BCUT2D eigenvalue weighted by atomic mass is 9.75. The van der Waals surface area contributed by atoms with Crippen molar-refractivity contribution in [2.45, 2.75) is 32.7 Å². The number of fused-ring (bicyclic) bond motifs is 2. The number of ether oxygens (including phenoxy) is 1. The fourth-order valence-corrected chi connectivity index (χ4v) is 4.30. The van der Waals surface area contributed by atoms with Crippen molar-refractivity contribution < 1.29 is 14.9 Å². The molecule has 24 heavy (non-hydrogen) atoms. The summed E-state index contributed by atoms with van der Waals surface area (Å²) in [5.41, 5.74) is 1.12. The Morgan fingerprint density at radius 2 is 1.54 bits per heavy atom. The van der Waals surface area contributed by atoms with Gasteiger partial charge in [0.1, 0.15) is 0 Å². The summed E-state index contributed by atoms with van der Waals surface area (Å²) in [6, 6.07) is 10.1. The van der Waals surface area contributed by atoms with E-state index < -0.39 is 12.2 Å². The Hall–Kier alpha value is -1.42. The Morgan fingerprint density at radius 1 is 0.875 bits per heavy atom. The van der Waals surface area contributed by atoms with Crippen LogP contribution in [0.1, 0.15) is 19.4 Å². The predicted octanol–water partition coefficient (Wildman–Crippen LogP) is 3.19. The number of allylic oxidation sites excluding steroid dienone is 4. The summed E-state index contributed by atoms with van der Waals surface area (Å²) >= 11 is 0. The van der Waals surface area contributed by atoms with Crippen LogP contribution in [0.15, 0.2) is 54.6 Å². The Balaban J connectivity index is 1.74. The zero-order valence-corrected chi connectivity index (χ0v) is 14.5. The van der Waals surface area contributed by atoms with Crippen molar-refractivity contribution >= 4 is 0 Å². The van der Waals surface area contributed by atoms with E-state index in [2.05, 4.69) is 31.2 Å². The van der Waals surface area contributed by atoms with E-state index in [1.807, 2.05) is 37.3 Å². The SMILES string of the molecule is C[C@@H]1[C@@H](O)[C@@H](O)[C@H](COCc2ccccc2)[C@@H]2C=CC=C[C@H]1[C@H]2C. The van der Waals surface area contributed by atoms with Gasteiger partial charge in [-0.15, -0.1) is 0 Å². The van der Waals surface area contributed by atoms with Crippen LogP contribution in [0.3, 0.4) is 0 Å². The van der Waals surface area contributed by atoms with Crippen LogP contribution in [0.4, 0.5) is 0 Å². The minimum Gasteiger partial charge on any atom is -0.390 e. The molecule has 3 rings (SSSR count). The predicted molar refractivity (Wildman–Crippen MR) is 95.2 cm³/mol. The van der Waals surface area contributed by atoms with Crippen LogP contribution in [0.25, 0.3) is 0 Å². The molecule has 0 radical (unpaired) electrons. The molecule has 0 unspecified atom stereocenters. The fraction of sp³-hybridized carbons (Fsp3) is 0.524. The smallest absolute Gasteiger partial charge is 0.0857 e. The molecule has 0 spiro atoms. The van der Waals surface area contributed by atoms with Gasteiger partial charge in [-0.05, 0) is 29.2 Å². The first-order chi connectivity index (χ1) is 11.6. The molecule has 2 bridgehead atoms. The summed E-state index contributed by atoms with van der Waals surface area (Å²) < 4.78 is 5.92. The standard InChI is InChI=1S/C21H28O3/c1-14-17-10-6-7-11-18(14)19(21(23)20(22)15(17)2)13-24-12-16-8-4-3-5-9-16/h3-11,14-15,17-23H,12-13H2,1-2H3/t14-,15+,17+,18-,19-,20-,21+/m1/s1. The number of benzene rings is 1. The molecule has 0 saturated heterocycles. The molecule has 3 heteroatoms. The van der Waals surface area contributed by atoms with Gasteiger partial charge in [0.05, 0.1) is 25.4 Å². The second-order valence-corrected chi connectivity index (χ2v) is 7.29. The quantitative estimate of drug-likeness (QED) is 0.892. The van der Waals surface area contributed by atoms with E-state index in [1.165, 1.54) is 0 Å². The van der Waals surface area contributed by atoms with Gasteiger partial charge < -0.3 is 14.9 Å². The molecule has 3 nitrogen and oxygen atoms in total. The average Bonchev–Trinajstić information content (AvgIpc) is 2.82. The maximum atomic E-state index is 10.8. The molecular weight excluding hydrogens is 300 g/mol. The highest BCUT2D eigenvalue weighted by Gasteiger charge is 2.45. The van der Waals surface area contributed by atoms with Crippen LogP contribution in [-0.4, -0.2) is 29.0 Å². The first-order valence-corrected chi connectivity index (χ1v) is 8.92. The molecule has 0 aliphatic heterocycles. The summed E-state index contributed by atoms with van der Waals surface area (Å²) in [6.07, 6.45) is 7.01. The molecule has 1 fully saturated rings. The Morgan fingerprint density at radius 3 is 2.25 bits per heavy atom. The van der Waals surface area contributed by atoms with Crippen molar-refractivity contribution in [3.63, 3.8) is 0 Å². The highest BCUT2D eigenvalue weighted by atomic mass is 16.5. The molecule has 1 saturated carbocycles. The van der Waals surface area contributed by atoms with Crippen LogP contribution in [0.2, 0.25) is 0 Å². The summed E-state index contributed by atoms with van der Waals surface area (Å²) in [6.45, 7) is 5.24. The maximum Gasteiger partial charge on any atom is 0.0857 e. The molecular formula is C21H28O3. The molecule has 0 amide bonds. The Labute approximate surface area is 144 Å². The van der Waals surface area contributed by atoms with Crippen molar-refractivity contribution in [3.05, 3.63) is 60.2 Å². The van der Waals surface area contributed by atoms with E-state index in [9.17, 15) is 10.2 Å². The van der Waals surface area contributed by atoms with Crippen molar-refractivity contribution in [1.29, 1.82) is 0 Å². The molecule has 0 aromatic heterocycles. The highest BCUT2D eigenvalue weighted by molar-refractivity contribution is 5.17. The van der Waals surface area contributed by atoms with Crippen LogP contribution in [0.5, 0.6) is 0 Å². The second-order valence-electron chi connectivity index (χ2n) is 7.29. The molecule has 1 aromatic rings. The van der Waals surface area contributed by atoms with E-state index in [4.69, 9.17) is 4.74 Å². The van der Waals surface area contributed by atoms with Gasteiger partial charge in [0.15, 0.2) is 0 Å². The van der Waals surface area contributed by atoms with Crippen molar-refractivity contribution in [2.24, 2.45) is 29.6 Å². The van der Waals surface area contributed by atoms with Gasteiger partial charge in [0, 0.05) is 5.92 Å². The minimum atomic E-state index is -0.760. The van der Waals surface area contributed by atoms with Gasteiger partial charge >= 0.3 is 0 Å². The van der Waals surface area contributed by atoms with Crippen molar-refractivity contribution in [1.82, 2.24) is 0 Å². The Bertz CT molecular complexity index is 580. The summed E-state index contributed by atoms with van der Waals surface area (Å²) in [5.74, 6) is 0.784. The van der Waals surface area contributed by atoms with E-state index in [0.29, 0.717) is 19.1 Å². The van der Waals surface area contributed by atoms with Crippen LogP contribution < -0.4 is 0 Å². The van der Waals surface area contributed by atoms with Crippen molar-refractivity contribution in [3.8, 4) is 0 Å². The maximum absolute atomic E-state index is 10.8. The number of aliphatic hydroxyl groups excluding tert-OH is 2. The van der Waals surface area contributed by atoms with Gasteiger partial charge in [0.25, 0.3) is 0 Å². The first kappa shape index (κ1) is 17.4. The second kappa shape index (κ2) is 7.64. The molecule has 130 valence electrons. The monoisotopic (exact) mass is 328 g/mol. The third-order valence-corrected chi connectivity index (χ3v) is 5.84.